The summed E-state index contributed by atoms with van der Waals surface area (Å²) in [6.07, 6.45) is -1.23. The molecular formula is C31H41F2N2O6PSSi. The second-order valence-electron chi connectivity index (χ2n) is 11.8. The Morgan fingerprint density at radius 2 is 1.52 bits per heavy atom. The van der Waals surface area contributed by atoms with E-state index in [2.05, 4.69) is 25.8 Å². The third-order valence-electron chi connectivity index (χ3n) is 7.98. The van der Waals surface area contributed by atoms with Crippen LogP contribution in [0.25, 0.3) is 0 Å². The predicted octanol–water partition coefficient (Wildman–Crippen LogP) is 5.30. The average Bonchev–Trinajstić information content (AvgIpc) is 3.41. The third kappa shape index (κ3) is 6.49. The molecule has 3 atom stereocenters. The Hall–Kier alpha value is -2.31. The fraction of sp³-hybridized carbons (Fsp3) is 0.484. The molecule has 0 saturated carbocycles. The van der Waals surface area contributed by atoms with Gasteiger partial charge in [-0.15, -0.1) is 0 Å². The van der Waals surface area contributed by atoms with E-state index in [1.807, 2.05) is 60.7 Å². The van der Waals surface area contributed by atoms with Crippen molar-refractivity contribution >= 4 is 37.0 Å². The second-order valence-corrected chi connectivity index (χ2v) is 19.7. The number of halogens is 2. The number of H-pyrrole nitrogens is 1. The molecule has 1 N–H and O–H groups in total. The second kappa shape index (κ2) is 13.6. The average molecular weight is 667 g/mol. The van der Waals surface area contributed by atoms with Crippen LogP contribution >= 0.6 is 6.49 Å². The Bertz CT molecular complexity index is 1530. The topological polar surface area (TPSA) is 91.8 Å². The Kier molecular flexibility index (Phi) is 10.7. The number of benzene rings is 2. The summed E-state index contributed by atoms with van der Waals surface area (Å²) < 4.78 is 58.7. The molecule has 44 heavy (non-hydrogen) atoms. The van der Waals surface area contributed by atoms with E-state index >= 15 is 8.78 Å². The number of aryl methyl sites for hydroxylation is 1. The van der Waals surface area contributed by atoms with E-state index in [-0.39, 0.29) is 31.8 Å². The molecule has 0 aliphatic carbocycles. The van der Waals surface area contributed by atoms with Crippen LogP contribution in [0, 0.1) is 12.8 Å². The first-order chi connectivity index (χ1) is 20.7. The van der Waals surface area contributed by atoms with Crippen LogP contribution in [0.4, 0.5) is 8.78 Å². The van der Waals surface area contributed by atoms with E-state index in [1.54, 1.807) is 13.8 Å². The molecule has 13 heteroatoms. The van der Waals surface area contributed by atoms with E-state index in [0.29, 0.717) is 0 Å². The lowest BCUT2D eigenvalue weighted by Gasteiger charge is -2.44. The van der Waals surface area contributed by atoms with E-state index < -0.39 is 55.0 Å². The molecule has 1 fully saturated rings. The van der Waals surface area contributed by atoms with E-state index in [1.165, 1.54) is 13.1 Å². The highest BCUT2D eigenvalue weighted by molar-refractivity contribution is 8.10. The van der Waals surface area contributed by atoms with Crippen LogP contribution < -0.4 is 21.6 Å². The molecule has 0 spiro atoms. The molecule has 1 aromatic heterocycles. The minimum atomic E-state index is -4.14. The molecule has 0 radical (unpaired) electrons. The number of hydrogen-bond donors (Lipinski definition) is 1. The quantitative estimate of drug-likeness (QED) is 0.207. The van der Waals surface area contributed by atoms with Crippen molar-refractivity contribution in [3.05, 3.63) is 93.3 Å². The number of ether oxygens (including phenoxy) is 1. The van der Waals surface area contributed by atoms with Gasteiger partial charge in [0.2, 0.25) is 0 Å². The number of alkyl halides is 2. The van der Waals surface area contributed by atoms with Crippen molar-refractivity contribution in [3.8, 4) is 0 Å². The Balaban J connectivity index is 1.83. The summed E-state index contributed by atoms with van der Waals surface area (Å²) in [7, 11) is -3.13. The number of nitrogens with zero attached hydrogens (tertiary/aromatic N) is 1. The van der Waals surface area contributed by atoms with Crippen molar-refractivity contribution in [1.29, 1.82) is 0 Å². The van der Waals surface area contributed by atoms with Crippen LogP contribution in [0.5, 0.6) is 0 Å². The minimum Gasteiger partial charge on any atom is -0.405 e. The summed E-state index contributed by atoms with van der Waals surface area (Å²) in [6.45, 7) is 6.56. The Labute approximate surface area is 263 Å². The number of rotatable bonds is 12. The predicted molar refractivity (Wildman–Crippen MR) is 174 cm³/mol. The highest BCUT2D eigenvalue weighted by Gasteiger charge is 2.61. The summed E-state index contributed by atoms with van der Waals surface area (Å²) in [5, 5.41) is 1.56. The van der Waals surface area contributed by atoms with Gasteiger partial charge in [-0.2, -0.15) is 8.78 Å². The van der Waals surface area contributed by atoms with E-state index in [9.17, 15) is 9.59 Å². The molecule has 2 aromatic carbocycles. The van der Waals surface area contributed by atoms with E-state index in [4.69, 9.17) is 30.0 Å². The van der Waals surface area contributed by atoms with Crippen molar-refractivity contribution in [2.45, 2.75) is 71.0 Å². The first kappa shape index (κ1) is 34.6. The number of aromatic amines is 1. The summed E-state index contributed by atoms with van der Waals surface area (Å²) >= 11 is 5.43. The standard InChI is InChI=1S/C31H41F2N2O6PSSi/c1-7-38-42(43,39-8-2)31(32,33)25-19-27(35-20-22(3)28(36)34-29(35)37)41-26(25)21-40-44(30(4,5)6,23-15-11-9-12-16-23)24-17-13-10-14-18-24/h9-18,20,25-27H,7-8,19,21H2,1-6H3,(H,34,36,37)/t25-,26+,27+/m0/s1. The summed E-state index contributed by atoms with van der Waals surface area (Å²) in [5.74, 6) is -1.51. The minimum absolute atomic E-state index is 0.0499. The fourth-order valence-electron chi connectivity index (χ4n) is 5.94. The zero-order chi connectivity index (χ0) is 32.3. The molecule has 4 rings (SSSR count). The molecule has 1 aliphatic rings. The molecule has 0 bridgehead atoms. The smallest absolute Gasteiger partial charge is 0.330 e. The van der Waals surface area contributed by atoms with Gasteiger partial charge in [-0.1, -0.05) is 81.4 Å². The van der Waals surface area contributed by atoms with E-state index in [0.717, 1.165) is 14.9 Å². The Morgan fingerprint density at radius 3 is 2.00 bits per heavy atom. The van der Waals surface area contributed by atoms with Crippen LogP contribution in [-0.2, 0) is 30.0 Å². The maximum absolute atomic E-state index is 16.7. The van der Waals surface area contributed by atoms with Gasteiger partial charge in [0.1, 0.15) is 6.23 Å². The van der Waals surface area contributed by atoms with Gasteiger partial charge in [-0.3, -0.25) is 14.3 Å². The van der Waals surface area contributed by atoms with Crippen LogP contribution in [0.1, 0.15) is 52.8 Å². The molecule has 0 unspecified atom stereocenters. The summed E-state index contributed by atoms with van der Waals surface area (Å²) in [5.41, 5.74) is -4.68. The molecule has 3 aromatic rings. The monoisotopic (exact) mass is 666 g/mol. The van der Waals surface area contributed by atoms with Crippen molar-refractivity contribution < 1.29 is 27.0 Å². The third-order valence-corrected chi connectivity index (χ3v) is 16.6. The van der Waals surface area contributed by atoms with Gasteiger partial charge >= 0.3 is 11.4 Å². The first-order valence-corrected chi connectivity index (χ1v) is 19.3. The van der Waals surface area contributed by atoms with Gasteiger partial charge < -0.3 is 18.2 Å². The van der Waals surface area contributed by atoms with Crippen molar-refractivity contribution in [3.63, 3.8) is 0 Å². The van der Waals surface area contributed by atoms with Crippen molar-refractivity contribution in [2.75, 3.05) is 19.8 Å². The normalized spacial score (nSPS) is 19.8. The lowest BCUT2D eigenvalue weighted by atomic mass is 10.0. The summed E-state index contributed by atoms with van der Waals surface area (Å²) in [6, 6.07) is 19.7. The lowest BCUT2D eigenvalue weighted by Crippen LogP contribution is -2.67. The maximum atomic E-state index is 16.7. The highest BCUT2D eigenvalue weighted by Crippen LogP contribution is 2.67. The molecule has 240 valence electrons. The van der Waals surface area contributed by atoms with Crippen LogP contribution in [-0.4, -0.2) is 49.5 Å². The molecule has 2 heterocycles. The van der Waals surface area contributed by atoms with Gasteiger partial charge in [-0.05, 0) is 48.0 Å². The number of hydrogen-bond acceptors (Lipinski definition) is 7. The molecule has 1 saturated heterocycles. The lowest BCUT2D eigenvalue weighted by molar-refractivity contribution is -0.0664. The zero-order valence-corrected chi connectivity index (χ0v) is 28.6. The van der Waals surface area contributed by atoms with Crippen LogP contribution in [0.3, 0.4) is 0 Å². The maximum Gasteiger partial charge on any atom is 0.330 e. The number of aromatic nitrogens is 2. The van der Waals surface area contributed by atoms with Crippen molar-refractivity contribution in [1.82, 2.24) is 9.55 Å². The van der Waals surface area contributed by atoms with Gasteiger partial charge in [0.05, 0.1) is 31.8 Å². The van der Waals surface area contributed by atoms with Crippen LogP contribution in [0.2, 0.25) is 5.04 Å². The molecule has 1 aliphatic heterocycles. The molecule has 0 amide bonds. The SMILES string of the molecule is CCOP(=S)(OCC)C(F)(F)[C@H]1C[C@H](n2cc(C)c(=O)[nH]c2=O)O[C@@H]1CO[Si](c1ccccc1)(c1ccccc1)C(C)(C)C. The Morgan fingerprint density at radius 1 is 1.00 bits per heavy atom. The largest absolute Gasteiger partial charge is 0.405 e. The van der Waals surface area contributed by atoms with Crippen LogP contribution in [0.15, 0.2) is 76.4 Å². The van der Waals surface area contributed by atoms with Gasteiger partial charge in [-0.25, -0.2) is 4.79 Å². The number of nitrogens with one attached hydrogen (secondary N) is 1. The zero-order valence-electron chi connectivity index (χ0n) is 25.9. The van der Waals surface area contributed by atoms with Gasteiger partial charge in [0.15, 0.2) is 0 Å². The fourth-order valence-corrected chi connectivity index (χ4v) is 13.3. The van der Waals surface area contributed by atoms with Gasteiger partial charge in [0.25, 0.3) is 20.4 Å². The molecular weight excluding hydrogens is 625 g/mol. The van der Waals surface area contributed by atoms with Gasteiger partial charge in [0, 0.05) is 18.2 Å². The summed E-state index contributed by atoms with van der Waals surface area (Å²) in [4.78, 5) is 27.1. The first-order valence-electron chi connectivity index (χ1n) is 14.7. The molecule has 8 nitrogen and oxygen atoms in total. The van der Waals surface area contributed by atoms with Crippen molar-refractivity contribution in [2.24, 2.45) is 5.92 Å². The highest BCUT2D eigenvalue weighted by atomic mass is 32.5.